The predicted octanol–water partition coefficient (Wildman–Crippen LogP) is 4.09. The van der Waals surface area contributed by atoms with E-state index in [0.29, 0.717) is 6.42 Å². The molecule has 142 valence electrons. The van der Waals surface area contributed by atoms with Crippen molar-refractivity contribution in [2.45, 2.75) is 45.6 Å². The summed E-state index contributed by atoms with van der Waals surface area (Å²) in [4.78, 5) is 17.3. The third-order valence-corrected chi connectivity index (χ3v) is 5.02. The Hall–Kier alpha value is -2.82. The molecule has 5 nitrogen and oxygen atoms in total. The van der Waals surface area contributed by atoms with Crippen LogP contribution in [-0.4, -0.2) is 28.4 Å². The normalized spacial score (nSPS) is 13.3. The largest absolute Gasteiger partial charge is 0.497 e. The van der Waals surface area contributed by atoms with Crippen LogP contribution >= 0.6 is 0 Å². The molecular weight excluding hydrogens is 338 g/mol. The van der Waals surface area contributed by atoms with E-state index in [9.17, 15) is 4.79 Å². The van der Waals surface area contributed by atoms with Crippen molar-refractivity contribution in [1.29, 1.82) is 0 Å². The number of imidazole rings is 1. The van der Waals surface area contributed by atoms with Crippen molar-refractivity contribution in [2.24, 2.45) is 0 Å². The molecular formula is C22H27N3O2. The van der Waals surface area contributed by atoms with Crippen molar-refractivity contribution in [3.8, 4) is 5.75 Å². The first kappa shape index (κ1) is 19.0. The predicted molar refractivity (Wildman–Crippen MR) is 107 cm³/mol. The lowest BCUT2D eigenvalue weighted by Crippen LogP contribution is -2.33. The van der Waals surface area contributed by atoms with Gasteiger partial charge in [-0.2, -0.15) is 0 Å². The molecule has 0 saturated heterocycles. The summed E-state index contributed by atoms with van der Waals surface area (Å²) >= 11 is 0. The van der Waals surface area contributed by atoms with Crippen molar-refractivity contribution in [1.82, 2.24) is 14.7 Å². The minimum atomic E-state index is -0.110. The molecule has 2 heterocycles. The fourth-order valence-corrected chi connectivity index (χ4v) is 3.30. The van der Waals surface area contributed by atoms with Crippen molar-refractivity contribution in [3.63, 3.8) is 0 Å². The molecule has 2 aromatic heterocycles. The summed E-state index contributed by atoms with van der Waals surface area (Å²) < 4.78 is 7.47. The number of aromatic nitrogens is 2. The highest BCUT2D eigenvalue weighted by Crippen LogP contribution is 2.31. The Morgan fingerprint density at radius 1 is 1.30 bits per heavy atom. The molecule has 0 radical (unpaired) electrons. The Morgan fingerprint density at radius 2 is 2.11 bits per heavy atom. The Labute approximate surface area is 160 Å². The molecule has 1 amide bonds. The number of amides is 1. The van der Waals surface area contributed by atoms with Crippen LogP contribution in [0.15, 0.2) is 48.8 Å². The fraction of sp³-hybridized carbons (Fsp3) is 0.364. The standard InChI is InChI=1S/C22H27N3O2/c1-5-16(3)24-21(26)13-19(17-9-6-10-18(12-17)27-4)20-14-23-22-15(2)8-7-11-25(20)22/h6-12,14,16,19H,5,13H2,1-4H3,(H,24,26). The summed E-state index contributed by atoms with van der Waals surface area (Å²) in [5.74, 6) is 0.713. The van der Waals surface area contributed by atoms with Crippen LogP contribution in [0.2, 0.25) is 0 Å². The number of hydrogen-bond acceptors (Lipinski definition) is 3. The first-order valence-corrected chi connectivity index (χ1v) is 9.39. The van der Waals surface area contributed by atoms with Gasteiger partial charge in [0.25, 0.3) is 0 Å². The van der Waals surface area contributed by atoms with Gasteiger partial charge in [0.1, 0.15) is 11.4 Å². The molecule has 3 aromatic rings. The van der Waals surface area contributed by atoms with E-state index in [1.54, 1.807) is 7.11 Å². The SMILES string of the molecule is CCC(C)NC(=O)CC(c1cccc(OC)c1)c1cnc2c(C)cccn12. The van der Waals surface area contributed by atoms with Crippen molar-refractivity contribution in [2.75, 3.05) is 7.11 Å². The molecule has 0 aliphatic carbocycles. The van der Waals surface area contributed by atoms with Crippen molar-refractivity contribution in [3.05, 3.63) is 65.6 Å². The number of carbonyl (C=O) groups excluding carboxylic acids is 1. The van der Waals surface area contributed by atoms with Gasteiger partial charge in [-0.25, -0.2) is 4.98 Å². The molecule has 1 N–H and O–H groups in total. The molecule has 0 fully saturated rings. The Balaban J connectivity index is 2.03. The maximum Gasteiger partial charge on any atom is 0.221 e. The topological polar surface area (TPSA) is 55.6 Å². The van der Waals surface area contributed by atoms with Gasteiger partial charge in [0, 0.05) is 30.8 Å². The van der Waals surface area contributed by atoms with Gasteiger partial charge in [-0.3, -0.25) is 4.79 Å². The number of hydrogen-bond donors (Lipinski definition) is 1. The average molecular weight is 365 g/mol. The first-order chi connectivity index (χ1) is 13.0. The number of benzene rings is 1. The number of carbonyl (C=O) groups is 1. The van der Waals surface area contributed by atoms with Gasteiger partial charge >= 0.3 is 0 Å². The van der Waals surface area contributed by atoms with Gasteiger partial charge < -0.3 is 14.5 Å². The molecule has 0 spiro atoms. The number of methoxy groups -OCH3 is 1. The molecule has 27 heavy (non-hydrogen) atoms. The van der Waals surface area contributed by atoms with Gasteiger partial charge in [0.2, 0.25) is 5.91 Å². The third-order valence-electron chi connectivity index (χ3n) is 5.02. The molecule has 1 aromatic carbocycles. The Morgan fingerprint density at radius 3 is 2.85 bits per heavy atom. The molecule has 0 saturated carbocycles. The number of aryl methyl sites for hydroxylation is 1. The van der Waals surface area contributed by atoms with E-state index >= 15 is 0 Å². The maximum atomic E-state index is 12.7. The minimum absolute atomic E-state index is 0.0415. The van der Waals surface area contributed by atoms with Crippen LogP contribution in [-0.2, 0) is 4.79 Å². The molecule has 2 atom stereocenters. The quantitative estimate of drug-likeness (QED) is 0.686. The molecule has 2 unspecified atom stereocenters. The average Bonchev–Trinajstić information content (AvgIpc) is 3.11. The number of fused-ring (bicyclic) bond motifs is 1. The third kappa shape index (κ3) is 4.13. The number of ether oxygens (including phenoxy) is 1. The van der Waals surface area contributed by atoms with Gasteiger partial charge in [-0.05, 0) is 49.6 Å². The zero-order chi connectivity index (χ0) is 19.4. The second-order valence-electron chi connectivity index (χ2n) is 6.98. The molecule has 0 aliphatic heterocycles. The van der Waals surface area contributed by atoms with Crippen LogP contribution < -0.4 is 10.1 Å². The van der Waals surface area contributed by atoms with E-state index in [-0.39, 0.29) is 17.9 Å². The van der Waals surface area contributed by atoms with E-state index < -0.39 is 0 Å². The molecule has 0 bridgehead atoms. The van der Waals surface area contributed by atoms with Gasteiger partial charge in [0.05, 0.1) is 12.8 Å². The number of rotatable bonds is 7. The highest BCUT2D eigenvalue weighted by molar-refractivity contribution is 5.78. The van der Waals surface area contributed by atoms with Gasteiger partial charge in [-0.1, -0.05) is 25.1 Å². The highest BCUT2D eigenvalue weighted by Gasteiger charge is 2.23. The molecule has 0 aliphatic rings. The monoisotopic (exact) mass is 365 g/mol. The Bertz CT molecular complexity index is 932. The van der Waals surface area contributed by atoms with Crippen LogP contribution in [0.3, 0.4) is 0 Å². The molecule has 5 heteroatoms. The first-order valence-electron chi connectivity index (χ1n) is 9.39. The van der Waals surface area contributed by atoms with Crippen LogP contribution in [0.4, 0.5) is 0 Å². The van der Waals surface area contributed by atoms with Crippen LogP contribution in [0.25, 0.3) is 5.65 Å². The number of pyridine rings is 1. The van der Waals surface area contributed by atoms with E-state index in [4.69, 9.17) is 4.74 Å². The number of nitrogens with zero attached hydrogens (tertiary/aromatic N) is 2. The van der Waals surface area contributed by atoms with Gasteiger partial charge in [0.15, 0.2) is 0 Å². The summed E-state index contributed by atoms with van der Waals surface area (Å²) in [6.45, 7) is 6.13. The lowest BCUT2D eigenvalue weighted by Gasteiger charge is -2.19. The summed E-state index contributed by atoms with van der Waals surface area (Å²) in [6, 6.07) is 12.1. The summed E-state index contributed by atoms with van der Waals surface area (Å²) in [5, 5.41) is 3.08. The summed E-state index contributed by atoms with van der Waals surface area (Å²) in [5.41, 5.74) is 4.07. The lowest BCUT2D eigenvalue weighted by atomic mass is 9.92. The lowest BCUT2D eigenvalue weighted by molar-refractivity contribution is -0.121. The van der Waals surface area contributed by atoms with Crippen LogP contribution in [0.1, 0.15) is 49.4 Å². The fourth-order valence-electron chi connectivity index (χ4n) is 3.30. The molecule has 3 rings (SSSR count). The zero-order valence-corrected chi connectivity index (χ0v) is 16.4. The maximum absolute atomic E-state index is 12.7. The Kier molecular flexibility index (Phi) is 5.79. The van der Waals surface area contributed by atoms with Gasteiger partial charge in [-0.15, -0.1) is 0 Å². The van der Waals surface area contributed by atoms with Crippen LogP contribution in [0, 0.1) is 6.92 Å². The van der Waals surface area contributed by atoms with Crippen LogP contribution in [0.5, 0.6) is 5.75 Å². The zero-order valence-electron chi connectivity index (χ0n) is 16.4. The van der Waals surface area contributed by atoms with E-state index in [1.165, 1.54) is 0 Å². The summed E-state index contributed by atoms with van der Waals surface area (Å²) in [6.07, 6.45) is 5.15. The van der Waals surface area contributed by atoms with Crippen molar-refractivity contribution < 1.29 is 9.53 Å². The van der Waals surface area contributed by atoms with E-state index in [2.05, 4.69) is 21.6 Å². The smallest absolute Gasteiger partial charge is 0.221 e. The number of nitrogens with one attached hydrogen (secondary N) is 1. The minimum Gasteiger partial charge on any atom is -0.497 e. The second-order valence-corrected chi connectivity index (χ2v) is 6.98. The highest BCUT2D eigenvalue weighted by atomic mass is 16.5. The van der Waals surface area contributed by atoms with E-state index in [0.717, 1.165) is 34.6 Å². The second kappa shape index (κ2) is 8.25. The van der Waals surface area contributed by atoms with Crippen molar-refractivity contribution >= 4 is 11.6 Å². The summed E-state index contributed by atoms with van der Waals surface area (Å²) in [7, 11) is 1.65. The van der Waals surface area contributed by atoms with E-state index in [1.807, 2.05) is 62.6 Å².